The molecule has 2 aromatic rings. The van der Waals surface area contributed by atoms with Gasteiger partial charge in [0, 0.05) is 11.4 Å². The van der Waals surface area contributed by atoms with Crippen molar-refractivity contribution in [2.24, 2.45) is 0 Å². The van der Waals surface area contributed by atoms with Gasteiger partial charge in [0.25, 0.3) is 0 Å². The lowest BCUT2D eigenvalue weighted by Crippen LogP contribution is -2.08. The summed E-state index contributed by atoms with van der Waals surface area (Å²) in [5.74, 6) is -0.489. The second-order valence-electron chi connectivity index (χ2n) is 4.86. The normalized spacial score (nSPS) is 10.3. The minimum Gasteiger partial charge on any atom is -0.465 e. The molecule has 0 saturated carbocycles. The predicted molar refractivity (Wildman–Crippen MR) is 86.4 cm³/mol. The number of halogens is 1. The number of esters is 1. The second-order valence-corrected chi connectivity index (χ2v) is 5.27. The van der Waals surface area contributed by atoms with Crippen LogP contribution in [0.2, 0.25) is 5.02 Å². The van der Waals surface area contributed by atoms with Crippen LogP contribution in [0.15, 0.2) is 30.3 Å². The van der Waals surface area contributed by atoms with Crippen LogP contribution < -0.4 is 11.1 Å². The van der Waals surface area contributed by atoms with Gasteiger partial charge >= 0.3 is 5.97 Å². The zero-order chi connectivity index (χ0) is 15.6. The van der Waals surface area contributed by atoms with E-state index in [1.807, 2.05) is 32.0 Å². The number of aryl methyl sites for hydroxylation is 2. The van der Waals surface area contributed by atoms with Crippen molar-refractivity contribution in [1.29, 1.82) is 0 Å². The lowest BCUT2D eigenvalue weighted by molar-refractivity contribution is 0.0602. The van der Waals surface area contributed by atoms with Gasteiger partial charge < -0.3 is 15.8 Å². The fraction of sp³-hybridized carbons (Fsp3) is 0.188. The van der Waals surface area contributed by atoms with Gasteiger partial charge in [-0.25, -0.2) is 4.79 Å². The predicted octanol–water partition coefficient (Wildman–Crippen LogP) is 4.07. The molecule has 4 nitrogen and oxygen atoms in total. The molecule has 0 aliphatic carbocycles. The van der Waals surface area contributed by atoms with E-state index >= 15 is 0 Å². The Kier molecular flexibility index (Phi) is 4.38. The zero-order valence-corrected chi connectivity index (χ0v) is 12.9. The summed E-state index contributed by atoms with van der Waals surface area (Å²) in [6.07, 6.45) is 0. The maximum absolute atomic E-state index is 11.9. The highest BCUT2D eigenvalue weighted by molar-refractivity contribution is 6.34. The van der Waals surface area contributed by atoms with E-state index < -0.39 is 5.97 Å². The van der Waals surface area contributed by atoms with Crippen molar-refractivity contribution < 1.29 is 9.53 Å². The lowest BCUT2D eigenvalue weighted by Gasteiger charge is -2.15. The quantitative estimate of drug-likeness (QED) is 0.663. The molecule has 3 N–H and O–H groups in total. The molecule has 0 saturated heterocycles. The van der Waals surface area contributed by atoms with E-state index in [0.717, 1.165) is 16.8 Å². The number of hydrogen-bond donors (Lipinski definition) is 2. The van der Waals surface area contributed by atoms with E-state index in [4.69, 9.17) is 22.1 Å². The number of nitrogens with one attached hydrogen (secondary N) is 1. The maximum Gasteiger partial charge on any atom is 0.340 e. The van der Waals surface area contributed by atoms with E-state index in [9.17, 15) is 4.79 Å². The highest BCUT2D eigenvalue weighted by Crippen LogP contribution is 2.33. The smallest absolute Gasteiger partial charge is 0.340 e. The second kappa shape index (κ2) is 6.06. The molecule has 0 aliphatic heterocycles. The van der Waals surface area contributed by atoms with Gasteiger partial charge in [-0.2, -0.15) is 0 Å². The third-order valence-corrected chi connectivity index (χ3v) is 3.46. The monoisotopic (exact) mass is 304 g/mol. The molecule has 0 bridgehead atoms. The van der Waals surface area contributed by atoms with Gasteiger partial charge in [-0.3, -0.25) is 0 Å². The highest BCUT2D eigenvalue weighted by Gasteiger charge is 2.17. The van der Waals surface area contributed by atoms with Gasteiger partial charge in [0.15, 0.2) is 0 Å². The Hall–Kier alpha value is -2.20. The number of carbonyl (C=O) groups excluding carboxylic acids is 1. The maximum atomic E-state index is 11.9. The molecule has 0 amide bonds. The first-order valence-corrected chi connectivity index (χ1v) is 6.81. The molecular formula is C16H17ClN2O2. The van der Waals surface area contributed by atoms with Crippen molar-refractivity contribution in [2.45, 2.75) is 13.8 Å². The standard InChI is InChI=1S/C16H17ClN2O2/c1-9-4-5-14(10(2)6-9)19-15-12(16(20)21-3)7-11(18)8-13(15)17/h4-8,19H,18H2,1-3H3. The Balaban J connectivity index is 2.50. The van der Waals surface area contributed by atoms with Crippen molar-refractivity contribution in [3.05, 3.63) is 52.0 Å². The number of ether oxygens (including phenoxy) is 1. The molecule has 5 heteroatoms. The van der Waals surface area contributed by atoms with Gasteiger partial charge in [0.1, 0.15) is 0 Å². The molecule has 0 heterocycles. The van der Waals surface area contributed by atoms with Crippen molar-refractivity contribution in [3.63, 3.8) is 0 Å². The largest absolute Gasteiger partial charge is 0.465 e. The van der Waals surface area contributed by atoms with Gasteiger partial charge in [-0.05, 0) is 37.6 Å². The zero-order valence-electron chi connectivity index (χ0n) is 12.2. The summed E-state index contributed by atoms with van der Waals surface area (Å²) in [7, 11) is 1.32. The summed E-state index contributed by atoms with van der Waals surface area (Å²) in [6, 6.07) is 9.12. The first kappa shape index (κ1) is 15.2. The number of carbonyl (C=O) groups is 1. The molecule has 0 aliphatic rings. The Morgan fingerprint density at radius 3 is 2.57 bits per heavy atom. The average Bonchev–Trinajstić information content (AvgIpc) is 2.42. The fourth-order valence-electron chi connectivity index (χ4n) is 2.11. The van der Waals surface area contributed by atoms with Gasteiger partial charge in [-0.1, -0.05) is 29.3 Å². The minimum atomic E-state index is -0.489. The summed E-state index contributed by atoms with van der Waals surface area (Å²) in [4.78, 5) is 11.9. The van der Waals surface area contributed by atoms with Crippen molar-refractivity contribution in [2.75, 3.05) is 18.2 Å². The van der Waals surface area contributed by atoms with Crippen LogP contribution in [0.5, 0.6) is 0 Å². The van der Waals surface area contributed by atoms with Crippen LogP contribution >= 0.6 is 11.6 Å². The van der Waals surface area contributed by atoms with Crippen molar-refractivity contribution in [1.82, 2.24) is 0 Å². The first-order valence-electron chi connectivity index (χ1n) is 6.44. The van der Waals surface area contributed by atoms with Crippen LogP contribution in [-0.2, 0) is 4.74 Å². The highest BCUT2D eigenvalue weighted by atomic mass is 35.5. The van der Waals surface area contributed by atoms with E-state index in [1.54, 1.807) is 12.1 Å². The summed E-state index contributed by atoms with van der Waals surface area (Å²) in [5, 5.41) is 3.56. The Morgan fingerprint density at radius 2 is 1.95 bits per heavy atom. The van der Waals surface area contributed by atoms with Crippen LogP contribution in [0.25, 0.3) is 0 Å². The Bertz CT molecular complexity index is 699. The summed E-state index contributed by atoms with van der Waals surface area (Å²) in [5.41, 5.74) is 10.0. The van der Waals surface area contributed by atoms with E-state index in [-0.39, 0.29) is 0 Å². The number of benzene rings is 2. The van der Waals surface area contributed by atoms with Crippen molar-refractivity contribution in [3.8, 4) is 0 Å². The molecule has 0 atom stereocenters. The average molecular weight is 305 g/mol. The third-order valence-electron chi connectivity index (χ3n) is 3.16. The van der Waals surface area contributed by atoms with Gasteiger partial charge in [-0.15, -0.1) is 0 Å². The molecule has 21 heavy (non-hydrogen) atoms. The number of methoxy groups -OCH3 is 1. The molecule has 0 radical (unpaired) electrons. The molecule has 110 valence electrons. The molecule has 0 spiro atoms. The molecular weight excluding hydrogens is 288 g/mol. The SMILES string of the molecule is COC(=O)c1cc(N)cc(Cl)c1Nc1ccc(C)cc1C. The Labute approximate surface area is 128 Å². The molecule has 0 aromatic heterocycles. The number of anilines is 3. The Morgan fingerprint density at radius 1 is 1.24 bits per heavy atom. The number of nitrogen functional groups attached to an aromatic ring is 1. The topological polar surface area (TPSA) is 64.3 Å². The summed E-state index contributed by atoms with van der Waals surface area (Å²) >= 11 is 6.22. The van der Waals surface area contributed by atoms with Crippen LogP contribution in [-0.4, -0.2) is 13.1 Å². The van der Waals surface area contributed by atoms with Crippen LogP contribution in [0.4, 0.5) is 17.1 Å². The number of nitrogens with two attached hydrogens (primary N) is 1. The third kappa shape index (κ3) is 3.28. The van der Waals surface area contributed by atoms with Crippen LogP contribution in [0, 0.1) is 13.8 Å². The van der Waals surface area contributed by atoms with Crippen LogP contribution in [0.3, 0.4) is 0 Å². The first-order chi connectivity index (χ1) is 9.92. The van der Waals surface area contributed by atoms with Crippen LogP contribution in [0.1, 0.15) is 21.5 Å². The van der Waals surface area contributed by atoms with E-state index in [0.29, 0.717) is 22.0 Å². The number of rotatable bonds is 3. The summed E-state index contributed by atoms with van der Waals surface area (Å²) in [6.45, 7) is 4.01. The minimum absolute atomic E-state index is 0.308. The molecule has 2 rings (SSSR count). The van der Waals surface area contributed by atoms with Gasteiger partial charge in [0.2, 0.25) is 0 Å². The van der Waals surface area contributed by atoms with E-state index in [1.165, 1.54) is 7.11 Å². The fourth-order valence-corrected chi connectivity index (χ4v) is 2.39. The molecule has 0 unspecified atom stereocenters. The van der Waals surface area contributed by atoms with Crippen molar-refractivity contribution >= 4 is 34.6 Å². The lowest BCUT2D eigenvalue weighted by atomic mass is 10.1. The number of hydrogen-bond acceptors (Lipinski definition) is 4. The molecule has 2 aromatic carbocycles. The van der Waals surface area contributed by atoms with E-state index in [2.05, 4.69) is 5.32 Å². The molecule has 0 fully saturated rings. The van der Waals surface area contributed by atoms with Gasteiger partial charge in [0.05, 0.1) is 23.4 Å². The summed E-state index contributed by atoms with van der Waals surface area (Å²) < 4.78 is 4.78.